The van der Waals surface area contributed by atoms with Crippen LogP contribution in [0.4, 0.5) is 5.13 Å². The van der Waals surface area contributed by atoms with Crippen molar-refractivity contribution in [3.05, 3.63) is 81.9 Å². The predicted octanol–water partition coefficient (Wildman–Crippen LogP) is 7.30. The molecule has 0 spiro atoms. The van der Waals surface area contributed by atoms with Gasteiger partial charge in [-0.1, -0.05) is 37.3 Å². The zero-order chi connectivity index (χ0) is 31.3. The first-order valence-corrected chi connectivity index (χ1v) is 15.7. The van der Waals surface area contributed by atoms with E-state index in [2.05, 4.69) is 13.8 Å². The number of carbonyl (C=O) groups excluding carboxylic acids is 2. The van der Waals surface area contributed by atoms with Crippen molar-refractivity contribution in [3.8, 4) is 17.2 Å². The van der Waals surface area contributed by atoms with E-state index in [1.54, 1.807) is 31.4 Å². The number of aromatic nitrogens is 1. The lowest BCUT2D eigenvalue weighted by atomic mass is 9.94. The van der Waals surface area contributed by atoms with Crippen molar-refractivity contribution in [2.45, 2.75) is 59.6 Å². The van der Waals surface area contributed by atoms with Crippen LogP contribution in [0.15, 0.2) is 54.1 Å². The summed E-state index contributed by atoms with van der Waals surface area (Å²) < 4.78 is 18.5. The highest BCUT2D eigenvalue weighted by molar-refractivity contribution is 7.22. The third kappa shape index (κ3) is 5.30. The lowest BCUT2D eigenvalue weighted by Crippen LogP contribution is -2.29. The minimum atomic E-state index is -0.945. The number of Topliss-reactive ketones (excluding diaryl/α,β-unsaturated/α-hetero) is 1. The van der Waals surface area contributed by atoms with Crippen LogP contribution in [0, 0.1) is 19.8 Å². The van der Waals surface area contributed by atoms with E-state index in [1.165, 1.54) is 16.2 Å². The Bertz CT molecular complexity index is 1820. The van der Waals surface area contributed by atoms with E-state index in [0.29, 0.717) is 46.7 Å². The summed E-state index contributed by atoms with van der Waals surface area (Å²) in [4.78, 5) is 33.9. The molecule has 1 aromatic heterocycles. The molecule has 3 heterocycles. The SMILES string of the molecule is COc1cc(C2/C(=C(/O)c3ccc4c(c3)CC(C)O4)C(=O)C(=O)N2c2nc3c(C)cc(C)cc3s2)ccc1OCCC(C)C. The van der Waals surface area contributed by atoms with Gasteiger partial charge in [-0.25, -0.2) is 4.98 Å². The van der Waals surface area contributed by atoms with Crippen LogP contribution in [0.3, 0.4) is 0 Å². The van der Waals surface area contributed by atoms with Crippen LogP contribution in [0.1, 0.15) is 61.1 Å². The number of ketones is 1. The summed E-state index contributed by atoms with van der Waals surface area (Å²) >= 11 is 1.35. The van der Waals surface area contributed by atoms with Gasteiger partial charge in [0.25, 0.3) is 5.78 Å². The van der Waals surface area contributed by atoms with E-state index in [0.717, 1.165) is 39.1 Å². The highest BCUT2D eigenvalue weighted by Crippen LogP contribution is 2.46. The first-order chi connectivity index (χ1) is 21.0. The number of rotatable bonds is 8. The molecule has 2 unspecified atom stereocenters. The number of anilines is 1. The first-order valence-electron chi connectivity index (χ1n) is 14.8. The van der Waals surface area contributed by atoms with Gasteiger partial charge in [0.15, 0.2) is 16.6 Å². The highest BCUT2D eigenvalue weighted by atomic mass is 32.1. The highest BCUT2D eigenvalue weighted by Gasteiger charge is 2.48. The second kappa shape index (κ2) is 11.6. The number of methoxy groups -OCH3 is 1. The van der Waals surface area contributed by atoms with E-state index >= 15 is 0 Å². The van der Waals surface area contributed by atoms with Crippen molar-refractivity contribution in [1.29, 1.82) is 0 Å². The van der Waals surface area contributed by atoms with E-state index < -0.39 is 17.7 Å². The smallest absolute Gasteiger partial charge is 0.301 e. The lowest BCUT2D eigenvalue weighted by molar-refractivity contribution is -0.132. The Morgan fingerprint density at radius 1 is 1.11 bits per heavy atom. The molecule has 6 rings (SSSR count). The molecule has 0 aliphatic carbocycles. The molecule has 9 heteroatoms. The minimum Gasteiger partial charge on any atom is -0.507 e. The maximum atomic E-state index is 13.8. The Morgan fingerprint density at radius 3 is 2.66 bits per heavy atom. The van der Waals surface area contributed by atoms with Crippen LogP contribution in [-0.4, -0.2) is 41.6 Å². The third-order valence-electron chi connectivity index (χ3n) is 8.09. The first kappa shape index (κ1) is 29.7. The number of hydrogen-bond acceptors (Lipinski definition) is 8. The summed E-state index contributed by atoms with van der Waals surface area (Å²) in [5, 5.41) is 12.1. The van der Waals surface area contributed by atoms with E-state index in [9.17, 15) is 14.7 Å². The number of aryl methyl sites for hydroxylation is 2. The van der Waals surface area contributed by atoms with Gasteiger partial charge in [0.2, 0.25) is 0 Å². The van der Waals surface area contributed by atoms with Gasteiger partial charge >= 0.3 is 5.91 Å². The second-order valence-corrected chi connectivity index (χ2v) is 13.0. The van der Waals surface area contributed by atoms with Gasteiger partial charge in [-0.15, -0.1) is 0 Å². The number of fused-ring (bicyclic) bond motifs is 2. The number of aliphatic hydroxyl groups is 1. The number of carbonyl (C=O) groups is 2. The van der Waals surface area contributed by atoms with Crippen molar-refractivity contribution in [2.75, 3.05) is 18.6 Å². The molecule has 2 aliphatic heterocycles. The number of nitrogens with zero attached hydrogens (tertiary/aromatic N) is 2. The van der Waals surface area contributed by atoms with Gasteiger partial charge in [-0.3, -0.25) is 14.5 Å². The summed E-state index contributed by atoms with van der Waals surface area (Å²) in [6.07, 6.45) is 1.59. The summed E-state index contributed by atoms with van der Waals surface area (Å²) in [6.45, 7) is 10.8. The molecular weight excluding hydrogens is 576 g/mol. The number of amides is 1. The predicted molar refractivity (Wildman–Crippen MR) is 172 cm³/mol. The Balaban J connectivity index is 1.50. The fraction of sp³-hybridized carbons (Fsp3) is 0.343. The van der Waals surface area contributed by atoms with Crippen molar-refractivity contribution in [1.82, 2.24) is 4.98 Å². The Kier molecular flexibility index (Phi) is 7.84. The standard InChI is InChI=1S/C35H36N2O6S/c1-18(2)11-12-42-26-10-7-22(17-27(26)41-6)31-29(32(38)23-8-9-25-24(16-23)15-21(5)43-25)33(39)34(40)37(31)35-36-30-20(4)13-19(3)14-28(30)44-35/h7-10,13-14,16-18,21,31,38H,11-12,15H2,1-6H3/b32-29-. The average molecular weight is 613 g/mol. The molecule has 2 atom stereocenters. The molecule has 4 aromatic rings. The van der Waals surface area contributed by atoms with Gasteiger partial charge in [0.1, 0.15) is 17.6 Å². The molecule has 3 aromatic carbocycles. The zero-order valence-corrected chi connectivity index (χ0v) is 26.6. The summed E-state index contributed by atoms with van der Waals surface area (Å²) in [7, 11) is 1.55. The summed E-state index contributed by atoms with van der Waals surface area (Å²) in [5.41, 5.74) is 4.80. The topological polar surface area (TPSA) is 98.2 Å². The summed E-state index contributed by atoms with van der Waals surface area (Å²) in [5.74, 6) is 0.492. The van der Waals surface area contributed by atoms with E-state index in [4.69, 9.17) is 19.2 Å². The fourth-order valence-corrected chi connectivity index (χ4v) is 7.08. The van der Waals surface area contributed by atoms with Crippen LogP contribution in [0.25, 0.3) is 16.0 Å². The van der Waals surface area contributed by atoms with Crippen molar-refractivity contribution in [2.24, 2.45) is 5.92 Å². The van der Waals surface area contributed by atoms with Crippen molar-refractivity contribution < 1.29 is 28.9 Å². The second-order valence-electron chi connectivity index (χ2n) is 12.0. The van der Waals surface area contributed by atoms with E-state index in [-0.39, 0.29) is 17.4 Å². The maximum absolute atomic E-state index is 13.8. The Labute approximate surface area is 260 Å². The number of ether oxygens (including phenoxy) is 3. The molecule has 0 bridgehead atoms. The van der Waals surface area contributed by atoms with Crippen LogP contribution in [0.5, 0.6) is 17.2 Å². The molecule has 1 saturated heterocycles. The van der Waals surface area contributed by atoms with Gasteiger partial charge in [-0.05, 0) is 91.8 Å². The Hall–Kier alpha value is -4.37. The molecule has 44 heavy (non-hydrogen) atoms. The van der Waals surface area contributed by atoms with Gasteiger partial charge in [0.05, 0.1) is 35.5 Å². The molecule has 228 valence electrons. The zero-order valence-electron chi connectivity index (χ0n) is 25.8. The van der Waals surface area contributed by atoms with Gasteiger partial charge in [-0.2, -0.15) is 0 Å². The molecular formula is C35H36N2O6S. The lowest BCUT2D eigenvalue weighted by Gasteiger charge is -2.24. The average Bonchev–Trinajstić information content (AvgIpc) is 3.65. The van der Waals surface area contributed by atoms with Crippen LogP contribution < -0.4 is 19.1 Å². The largest absolute Gasteiger partial charge is 0.507 e. The van der Waals surface area contributed by atoms with Crippen molar-refractivity contribution in [3.63, 3.8) is 0 Å². The normalized spacial score (nSPS) is 19.1. The fourth-order valence-electron chi connectivity index (χ4n) is 5.91. The van der Waals surface area contributed by atoms with Gasteiger partial charge < -0.3 is 19.3 Å². The number of benzene rings is 3. The number of hydrogen-bond donors (Lipinski definition) is 1. The third-order valence-corrected chi connectivity index (χ3v) is 9.10. The quantitative estimate of drug-likeness (QED) is 0.127. The van der Waals surface area contributed by atoms with Crippen LogP contribution >= 0.6 is 11.3 Å². The number of thiazole rings is 1. The molecule has 1 N–H and O–H groups in total. The minimum absolute atomic E-state index is 0.00963. The van der Waals surface area contributed by atoms with Crippen LogP contribution in [0.2, 0.25) is 0 Å². The molecule has 1 amide bonds. The van der Waals surface area contributed by atoms with Crippen LogP contribution in [-0.2, 0) is 16.0 Å². The Morgan fingerprint density at radius 2 is 1.91 bits per heavy atom. The molecule has 0 saturated carbocycles. The maximum Gasteiger partial charge on any atom is 0.301 e. The molecule has 0 radical (unpaired) electrons. The summed E-state index contributed by atoms with van der Waals surface area (Å²) in [6, 6.07) is 13.8. The van der Waals surface area contributed by atoms with E-state index in [1.807, 2.05) is 45.0 Å². The van der Waals surface area contributed by atoms with Gasteiger partial charge in [0, 0.05) is 12.0 Å². The number of aliphatic hydroxyl groups excluding tert-OH is 1. The molecule has 2 aliphatic rings. The monoisotopic (exact) mass is 612 g/mol. The molecule has 8 nitrogen and oxygen atoms in total. The van der Waals surface area contributed by atoms with Crippen molar-refractivity contribution >= 4 is 44.1 Å². The molecule has 1 fully saturated rings.